The SMILES string of the molecule is CCCN1C=CC=CC1c1c2nc(c(C3C=CC=CN3CCC)c3ccc([nH]3)c(C3C=CC=CN3CCC)c3ccc([nH]3)c(C3C=CC=CN3CCC)c3nc1C=C3)C=C2. The van der Waals surface area contributed by atoms with E-state index in [-0.39, 0.29) is 24.2 Å². The average Bonchev–Trinajstić information content (AvgIpc) is 4.12. The Morgan fingerprint density at radius 3 is 1.00 bits per heavy atom. The van der Waals surface area contributed by atoms with Crippen molar-refractivity contribution in [3.8, 4) is 0 Å². The Morgan fingerprint density at radius 1 is 0.383 bits per heavy atom. The fourth-order valence-electron chi connectivity index (χ4n) is 9.61. The first kappa shape index (κ1) is 39.2. The number of rotatable bonds is 12. The van der Waals surface area contributed by atoms with E-state index in [1.807, 2.05) is 0 Å². The van der Waals surface area contributed by atoms with Crippen LogP contribution in [0.25, 0.3) is 46.4 Å². The van der Waals surface area contributed by atoms with Crippen LogP contribution >= 0.6 is 0 Å². The molecule has 60 heavy (non-hydrogen) atoms. The van der Waals surface area contributed by atoms with Crippen molar-refractivity contribution in [2.24, 2.45) is 0 Å². The Morgan fingerprint density at radius 2 is 0.667 bits per heavy atom. The molecule has 0 fully saturated rings. The predicted octanol–water partition coefficient (Wildman–Crippen LogP) is 12.0. The quantitative estimate of drug-likeness (QED) is 0.131. The molecule has 0 spiro atoms. The molecule has 3 aromatic rings. The third-order valence-corrected chi connectivity index (χ3v) is 12.2. The molecule has 6 aliphatic heterocycles. The normalized spacial score (nSPS) is 21.4. The molecule has 2 N–H and O–H groups in total. The number of aromatic nitrogens is 4. The average molecular weight is 795 g/mol. The van der Waals surface area contributed by atoms with E-state index in [0.29, 0.717) is 0 Å². The molecule has 8 heteroatoms. The first-order valence-corrected chi connectivity index (χ1v) is 22.2. The third-order valence-electron chi connectivity index (χ3n) is 12.2. The van der Waals surface area contributed by atoms with Crippen molar-refractivity contribution in [2.45, 2.75) is 77.5 Å². The van der Waals surface area contributed by atoms with Crippen molar-refractivity contribution < 1.29 is 0 Å². The highest BCUT2D eigenvalue weighted by atomic mass is 15.2. The lowest BCUT2D eigenvalue weighted by Gasteiger charge is -2.32. The van der Waals surface area contributed by atoms with E-state index in [1.54, 1.807) is 0 Å². The third kappa shape index (κ3) is 7.44. The number of nitrogens with one attached hydrogen (secondary N) is 2. The van der Waals surface area contributed by atoms with Crippen LogP contribution in [0.15, 0.2) is 122 Å². The van der Waals surface area contributed by atoms with Crippen LogP contribution in [0.5, 0.6) is 0 Å². The van der Waals surface area contributed by atoms with Crippen molar-refractivity contribution in [1.82, 2.24) is 39.5 Å². The second kappa shape index (κ2) is 17.5. The molecule has 8 bridgehead atoms. The van der Waals surface area contributed by atoms with E-state index in [0.717, 1.165) is 113 Å². The maximum Gasteiger partial charge on any atom is 0.0766 e. The zero-order valence-electron chi connectivity index (χ0n) is 35.5. The number of fused-ring (bicyclic) bond motifs is 8. The molecular weight excluding hydrogens is 737 g/mol. The van der Waals surface area contributed by atoms with Crippen LogP contribution in [0, 0.1) is 0 Å². The zero-order chi connectivity index (χ0) is 41.0. The van der Waals surface area contributed by atoms with Crippen LogP contribution in [-0.4, -0.2) is 65.7 Å². The van der Waals surface area contributed by atoms with Gasteiger partial charge >= 0.3 is 0 Å². The van der Waals surface area contributed by atoms with E-state index in [1.165, 1.54) is 5.56 Å². The standard InChI is InChI=1S/C52H58N8/c1-5-29-57-33-13-9-17-45(57)49-37-21-23-39(53-37)50(46-18-10-14-34-58(46)30-6-2)41-25-27-43(55-41)52(48-20-12-16-36-60(48)32-8-4)44-28-26-42(56-44)51(40-24-22-38(49)54-40)47-19-11-15-35-59(47)31-7-3/h9-28,33-36,45-48,53-54H,5-8,29-32H2,1-4H3. The Bertz CT molecular complexity index is 2430. The number of nitrogens with zero attached hydrogens (tertiary/aromatic N) is 6. The Kier molecular flexibility index (Phi) is 11.4. The van der Waals surface area contributed by atoms with Gasteiger partial charge in [-0.15, -0.1) is 0 Å². The molecule has 9 rings (SSSR count). The summed E-state index contributed by atoms with van der Waals surface area (Å²) in [5.74, 6) is 0. The molecule has 0 aromatic carbocycles. The summed E-state index contributed by atoms with van der Waals surface area (Å²) in [6.45, 7) is 12.8. The van der Waals surface area contributed by atoms with Gasteiger partial charge in [-0.25, -0.2) is 9.97 Å². The number of hydrogen-bond acceptors (Lipinski definition) is 6. The molecule has 8 nitrogen and oxygen atoms in total. The molecule has 0 saturated carbocycles. The number of H-pyrrole nitrogens is 2. The number of hydrogen-bond donors (Lipinski definition) is 2. The van der Waals surface area contributed by atoms with Gasteiger partial charge in [-0.1, -0.05) is 76.3 Å². The molecule has 9 heterocycles. The summed E-state index contributed by atoms with van der Waals surface area (Å²) < 4.78 is 0. The van der Waals surface area contributed by atoms with Gasteiger partial charge in [0.1, 0.15) is 0 Å². The summed E-state index contributed by atoms with van der Waals surface area (Å²) in [6.07, 6.45) is 48.6. The topological polar surface area (TPSA) is 70.3 Å². The molecular formula is C52H58N8. The van der Waals surface area contributed by atoms with Gasteiger partial charge in [0.2, 0.25) is 0 Å². The highest BCUT2D eigenvalue weighted by Gasteiger charge is 2.29. The van der Waals surface area contributed by atoms with E-state index in [2.05, 4.69) is 204 Å². The van der Waals surface area contributed by atoms with Crippen LogP contribution < -0.4 is 0 Å². The maximum atomic E-state index is 5.63. The summed E-state index contributed by atoms with van der Waals surface area (Å²) in [6, 6.07) is 9.11. The molecule has 6 aliphatic rings. The lowest BCUT2D eigenvalue weighted by atomic mass is 9.99. The van der Waals surface area contributed by atoms with Crippen LogP contribution in [0.1, 0.15) is 123 Å². The van der Waals surface area contributed by atoms with Crippen LogP contribution in [0.2, 0.25) is 0 Å². The number of aromatic amines is 2. The fraction of sp³-hybridized carbons (Fsp3) is 0.308. The van der Waals surface area contributed by atoms with Gasteiger partial charge < -0.3 is 29.6 Å². The summed E-state index contributed by atoms with van der Waals surface area (Å²) in [5.41, 5.74) is 12.8. The minimum atomic E-state index is -0.0237. The lowest BCUT2D eigenvalue weighted by Crippen LogP contribution is -2.26. The zero-order valence-corrected chi connectivity index (χ0v) is 35.5. The first-order chi connectivity index (χ1) is 29.6. The van der Waals surface area contributed by atoms with Crippen molar-refractivity contribution >= 4 is 46.4 Å². The van der Waals surface area contributed by atoms with Gasteiger partial charge in [0.25, 0.3) is 0 Å². The van der Waals surface area contributed by atoms with Gasteiger partial charge in [-0.05, 0) is 123 Å². The Labute approximate surface area is 355 Å². The fourth-order valence-corrected chi connectivity index (χ4v) is 9.61. The largest absolute Gasteiger partial charge is 0.367 e. The summed E-state index contributed by atoms with van der Waals surface area (Å²) >= 11 is 0. The molecule has 4 unspecified atom stereocenters. The number of allylic oxidation sites excluding steroid dienone is 8. The van der Waals surface area contributed by atoms with Crippen LogP contribution in [-0.2, 0) is 0 Å². The highest BCUT2D eigenvalue weighted by molar-refractivity contribution is 5.85. The minimum Gasteiger partial charge on any atom is -0.367 e. The molecule has 0 amide bonds. The monoisotopic (exact) mass is 794 g/mol. The van der Waals surface area contributed by atoms with E-state index in [4.69, 9.17) is 9.97 Å². The van der Waals surface area contributed by atoms with Crippen LogP contribution in [0.3, 0.4) is 0 Å². The van der Waals surface area contributed by atoms with Gasteiger partial charge in [0.05, 0.1) is 46.9 Å². The predicted molar refractivity (Wildman–Crippen MR) is 251 cm³/mol. The summed E-state index contributed by atoms with van der Waals surface area (Å²) in [7, 11) is 0. The Balaban J connectivity index is 1.41. The lowest BCUT2D eigenvalue weighted by molar-refractivity contribution is 0.319. The minimum absolute atomic E-state index is 0.000233. The molecule has 306 valence electrons. The van der Waals surface area contributed by atoms with Crippen LogP contribution in [0.4, 0.5) is 0 Å². The van der Waals surface area contributed by atoms with Gasteiger partial charge in [0, 0.05) is 70.5 Å². The highest BCUT2D eigenvalue weighted by Crippen LogP contribution is 2.40. The molecule has 4 atom stereocenters. The van der Waals surface area contributed by atoms with Crippen molar-refractivity contribution in [1.29, 1.82) is 0 Å². The maximum absolute atomic E-state index is 5.63. The second-order valence-electron chi connectivity index (χ2n) is 16.3. The summed E-state index contributed by atoms with van der Waals surface area (Å²) in [5, 5.41) is 0. The van der Waals surface area contributed by atoms with Crippen molar-refractivity contribution in [2.75, 3.05) is 26.2 Å². The smallest absolute Gasteiger partial charge is 0.0766 e. The van der Waals surface area contributed by atoms with Gasteiger partial charge in [-0.2, -0.15) is 0 Å². The second-order valence-corrected chi connectivity index (χ2v) is 16.3. The molecule has 0 radical (unpaired) electrons. The van der Waals surface area contributed by atoms with E-state index in [9.17, 15) is 0 Å². The van der Waals surface area contributed by atoms with Gasteiger partial charge in [0.15, 0.2) is 0 Å². The summed E-state index contributed by atoms with van der Waals surface area (Å²) in [4.78, 5) is 29.1. The first-order valence-electron chi connectivity index (χ1n) is 22.2. The molecule has 0 saturated heterocycles. The van der Waals surface area contributed by atoms with E-state index >= 15 is 0 Å². The van der Waals surface area contributed by atoms with Crippen molar-refractivity contribution in [3.63, 3.8) is 0 Å². The molecule has 0 aliphatic carbocycles. The molecule has 3 aromatic heterocycles. The van der Waals surface area contributed by atoms with Crippen molar-refractivity contribution in [3.05, 3.63) is 167 Å². The Hall–Kier alpha value is -6.28. The van der Waals surface area contributed by atoms with Gasteiger partial charge in [-0.3, -0.25) is 0 Å². The van der Waals surface area contributed by atoms with E-state index < -0.39 is 0 Å².